The molecule has 5 rings (SSSR count). The molecule has 1 aliphatic carbocycles. The molecule has 6 amide bonds. The largest absolute Gasteiger partial charge is 0.486 e. The number of ether oxygens (including phenoxy) is 2. The molecule has 2 heterocycles. The molecular weight excluding hydrogens is 428 g/mol. The van der Waals surface area contributed by atoms with Gasteiger partial charge in [-0.15, -0.1) is 0 Å². The lowest BCUT2D eigenvalue weighted by Crippen LogP contribution is -2.51. The fourth-order valence-electron chi connectivity index (χ4n) is 4.44. The molecule has 170 valence electrons. The predicted octanol–water partition coefficient (Wildman–Crippen LogP) is 1.59. The van der Waals surface area contributed by atoms with Crippen LogP contribution in [0.1, 0.15) is 17.5 Å². The van der Waals surface area contributed by atoms with Crippen LogP contribution in [-0.2, 0) is 22.4 Å². The topological polar surface area (TPSA) is 126 Å². The summed E-state index contributed by atoms with van der Waals surface area (Å²) in [6.07, 6.45) is 1.48. The molecular formula is C23H22N4O6. The van der Waals surface area contributed by atoms with E-state index in [0.717, 1.165) is 16.0 Å². The van der Waals surface area contributed by atoms with Gasteiger partial charge in [-0.1, -0.05) is 24.3 Å². The normalized spacial score (nSPS) is 20.8. The van der Waals surface area contributed by atoms with Crippen LogP contribution in [0, 0.1) is 0 Å². The Labute approximate surface area is 189 Å². The number of amides is 6. The van der Waals surface area contributed by atoms with E-state index < -0.39 is 36.0 Å². The van der Waals surface area contributed by atoms with Crippen LogP contribution in [0.2, 0.25) is 0 Å². The van der Waals surface area contributed by atoms with Gasteiger partial charge < -0.3 is 20.1 Å². The van der Waals surface area contributed by atoms with E-state index in [1.165, 1.54) is 0 Å². The Morgan fingerprint density at radius 1 is 1.03 bits per heavy atom. The summed E-state index contributed by atoms with van der Waals surface area (Å²) in [5, 5.41) is 7.44. The van der Waals surface area contributed by atoms with Gasteiger partial charge in [-0.2, -0.15) is 0 Å². The van der Waals surface area contributed by atoms with Gasteiger partial charge in [0.2, 0.25) is 5.91 Å². The number of carbonyl (C=O) groups excluding carboxylic acids is 4. The van der Waals surface area contributed by atoms with E-state index in [-0.39, 0.29) is 0 Å². The molecule has 1 unspecified atom stereocenters. The van der Waals surface area contributed by atoms with Crippen LogP contribution < -0.4 is 25.4 Å². The fourth-order valence-corrected chi connectivity index (χ4v) is 4.44. The van der Waals surface area contributed by atoms with Gasteiger partial charge in [-0.3, -0.25) is 19.8 Å². The molecule has 10 heteroatoms. The highest BCUT2D eigenvalue weighted by molar-refractivity contribution is 6.11. The smallest absolute Gasteiger partial charge is 0.325 e. The molecule has 1 saturated heterocycles. The first-order valence-electron chi connectivity index (χ1n) is 10.6. The standard InChI is InChI=1S/C23H22N4O6/c28-19(25-21(30)24-16-5-6-17-18(11-16)33-10-9-32-17)13-27-20(29)23(26-22(27)31)8-7-14-3-1-2-4-15(14)12-23/h1-6,11H,7-10,12-13H2,(H,26,31)(H2,24,25,28,30). The number of imide groups is 2. The fraction of sp³-hybridized carbons (Fsp3) is 0.304. The van der Waals surface area contributed by atoms with Gasteiger partial charge in [0.25, 0.3) is 5.91 Å². The SMILES string of the molecule is O=C(CN1C(=O)NC2(CCc3ccccc3C2)C1=O)NC(=O)Nc1ccc2c(c1)OCCO2. The summed E-state index contributed by atoms with van der Waals surface area (Å²) < 4.78 is 10.9. The molecule has 1 atom stereocenters. The van der Waals surface area contributed by atoms with Crippen LogP contribution in [0.25, 0.3) is 0 Å². The average molecular weight is 450 g/mol. The molecule has 10 nitrogen and oxygen atoms in total. The van der Waals surface area contributed by atoms with Crippen LogP contribution >= 0.6 is 0 Å². The molecule has 1 spiro atoms. The lowest BCUT2D eigenvalue weighted by atomic mass is 9.78. The lowest BCUT2D eigenvalue weighted by molar-refractivity contribution is -0.135. The van der Waals surface area contributed by atoms with Gasteiger partial charge in [0.15, 0.2) is 11.5 Å². The van der Waals surface area contributed by atoms with Crippen molar-refractivity contribution in [3.8, 4) is 11.5 Å². The van der Waals surface area contributed by atoms with Crippen LogP contribution in [-0.4, -0.2) is 54.1 Å². The summed E-state index contributed by atoms with van der Waals surface area (Å²) in [4.78, 5) is 51.1. The van der Waals surface area contributed by atoms with Gasteiger partial charge in [-0.25, -0.2) is 9.59 Å². The van der Waals surface area contributed by atoms with Gasteiger partial charge >= 0.3 is 12.1 Å². The van der Waals surface area contributed by atoms with Crippen molar-refractivity contribution in [1.29, 1.82) is 0 Å². The second-order valence-corrected chi connectivity index (χ2v) is 8.21. The highest BCUT2D eigenvalue weighted by Gasteiger charge is 2.52. The van der Waals surface area contributed by atoms with Crippen molar-refractivity contribution in [2.45, 2.75) is 24.8 Å². The van der Waals surface area contributed by atoms with Crippen molar-refractivity contribution in [3.05, 3.63) is 53.6 Å². The number of rotatable bonds is 3. The van der Waals surface area contributed by atoms with Gasteiger partial charge in [0.1, 0.15) is 25.3 Å². The zero-order valence-corrected chi connectivity index (χ0v) is 17.7. The highest BCUT2D eigenvalue weighted by atomic mass is 16.6. The summed E-state index contributed by atoms with van der Waals surface area (Å²) in [6, 6.07) is 11.2. The van der Waals surface area contributed by atoms with E-state index in [0.29, 0.717) is 49.7 Å². The summed E-state index contributed by atoms with van der Waals surface area (Å²) in [5.74, 6) is -0.170. The van der Waals surface area contributed by atoms with Crippen LogP contribution in [0.4, 0.5) is 15.3 Å². The van der Waals surface area contributed by atoms with E-state index in [1.54, 1.807) is 18.2 Å². The highest BCUT2D eigenvalue weighted by Crippen LogP contribution is 2.34. The Balaban J connectivity index is 1.20. The lowest BCUT2D eigenvalue weighted by Gasteiger charge is -2.32. The van der Waals surface area contributed by atoms with Crippen LogP contribution in [0.3, 0.4) is 0 Å². The number of anilines is 1. The van der Waals surface area contributed by atoms with Crippen molar-refractivity contribution in [2.75, 3.05) is 25.1 Å². The molecule has 3 N–H and O–H groups in total. The third kappa shape index (κ3) is 3.95. The maximum Gasteiger partial charge on any atom is 0.325 e. The maximum atomic E-state index is 13.1. The Morgan fingerprint density at radius 3 is 2.61 bits per heavy atom. The van der Waals surface area contributed by atoms with E-state index >= 15 is 0 Å². The first kappa shape index (κ1) is 20.8. The molecule has 3 aliphatic rings. The van der Waals surface area contributed by atoms with Crippen molar-refractivity contribution in [2.24, 2.45) is 0 Å². The van der Waals surface area contributed by atoms with Crippen molar-refractivity contribution in [1.82, 2.24) is 15.5 Å². The second kappa shape index (κ2) is 8.12. The van der Waals surface area contributed by atoms with Gasteiger partial charge in [0, 0.05) is 18.2 Å². The number of nitrogens with zero attached hydrogens (tertiary/aromatic N) is 1. The van der Waals surface area contributed by atoms with Crippen molar-refractivity contribution < 1.29 is 28.7 Å². The number of hydrogen-bond donors (Lipinski definition) is 3. The molecule has 0 bridgehead atoms. The zero-order chi connectivity index (χ0) is 23.0. The Morgan fingerprint density at radius 2 is 1.79 bits per heavy atom. The average Bonchev–Trinajstić information content (AvgIpc) is 3.02. The third-order valence-electron chi connectivity index (χ3n) is 6.03. The molecule has 0 saturated carbocycles. The monoisotopic (exact) mass is 450 g/mol. The first-order chi connectivity index (χ1) is 15.9. The van der Waals surface area contributed by atoms with E-state index in [2.05, 4.69) is 16.0 Å². The summed E-state index contributed by atoms with van der Waals surface area (Å²) in [7, 11) is 0. The Bertz CT molecular complexity index is 1170. The molecule has 1 fully saturated rings. The minimum Gasteiger partial charge on any atom is -0.486 e. The van der Waals surface area contributed by atoms with Crippen LogP contribution in [0.5, 0.6) is 11.5 Å². The number of aryl methyl sites for hydroxylation is 1. The predicted molar refractivity (Wildman–Crippen MR) is 116 cm³/mol. The van der Waals surface area contributed by atoms with E-state index in [4.69, 9.17) is 9.47 Å². The first-order valence-corrected chi connectivity index (χ1v) is 10.6. The molecule has 0 radical (unpaired) electrons. The number of hydrogen-bond acceptors (Lipinski definition) is 6. The van der Waals surface area contributed by atoms with E-state index in [9.17, 15) is 19.2 Å². The Kier molecular flexibility index (Phi) is 5.12. The number of urea groups is 2. The van der Waals surface area contributed by atoms with Gasteiger partial charge in [0.05, 0.1) is 0 Å². The summed E-state index contributed by atoms with van der Waals surface area (Å²) in [5.41, 5.74) is 1.50. The van der Waals surface area contributed by atoms with E-state index in [1.807, 2.05) is 24.3 Å². The minimum atomic E-state index is -1.06. The maximum absolute atomic E-state index is 13.1. The molecule has 2 aromatic rings. The Hall–Kier alpha value is -4.08. The molecule has 33 heavy (non-hydrogen) atoms. The molecule has 2 aliphatic heterocycles. The molecule has 2 aromatic carbocycles. The number of fused-ring (bicyclic) bond motifs is 2. The number of carbonyl (C=O) groups is 4. The quantitative estimate of drug-likeness (QED) is 0.610. The number of benzene rings is 2. The van der Waals surface area contributed by atoms with Gasteiger partial charge in [-0.05, 0) is 36.1 Å². The van der Waals surface area contributed by atoms with Crippen LogP contribution in [0.15, 0.2) is 42.5 Å². The third-order valence-corrected chi connectivity index (χ3v) is 6.03. The summed E-state index contributed by atoms with van der Waals surface area (Å²) in [6.45, 7) is 0.300. The molecule has 0 aromatic heterocycles. The second-order valence-electron chi connectivity index (χ2n) is 8.21. The van der Waals surface area contributed by atoms with Crippen molar-refractivity contribution >= 4 is 29.6 Å². The minimum absolute atomic E-state index is 0.371. The van der Waals surface area contributed by atoms with Crippen molar-refractivity contribution in [3.63, 3.8) is 0 Å². The number of nitrogens with one attached hydrogen (secondary N) is 3. The zero-order valence-electron chi connectivity index (χ0n) is 17.7. The summed E-state index contributed by atoms with van der Waals surface area (Å²) >= 11 is 0.